The van der Waals surface area contributed by atoms with Crippen LogP contribution in [0.15, 0.2) is 12.7 Å². The van der Waals surface area contributed by atoms with Gasteiger partial charge < -0.3 is 10.4 Å². The van der Waals surface area contributed by atoms with Gasteiger partial charge in [-0.05, 0) is 13.0 Å². The first-order valence-corrected chi connectivity index (χ1v) is 3.29. The van der Waals surface area contributed by atoms with Gasteiger partial charge >= 0.3 is 5.97 Å². The Morgan fingerprint density at radius 3 is 2.80 bits per heavy atom. The highest BCUT2D eigenvalue weighted by atomic mass is 16.4. The van der Waals surface area contributed by atoms with Crippen LogP contribution in [0, 0.1) is 0 Å². The van der Waals surface area contributed by atoms with E-state index in [1.165, 1.54) is 0 Å². The molecule has 2 N–H and O–H groups in total. The van der Waals surface area contributed by atoms with Gasteiger partial charge in [0.25, 0.3) is 0 Å². The van der Waals surface area contributed by atoms with Crippen LogP contribution in [0.3, 0.4) is 0 Å². The molecule has 0 rings (SSSR count). The lowest BCUT2D eigenvalue weighted by Crippen LogP contribution is -2.35. The molecule has 0 aromatic carbocycles. The summed E-state index contributed by atoms with van der Waals surface area (Å²) in [4.78, 5) is 10.4. The standard InChI is InChI=1S/C7H13NO2/c1-3-5-6(7(9)10)8-4-2/h3,6,8H,1,4-5H2,2H3,(H,9,10). The Bertz CT molecular complexity index is 123. The molecule has 0 heterocycles. The topological polar surface area (TPSA) is 49.3 Å². The Labute approximate surface area is 60.7 Å². The first kappa shape index (κ1) is 9.17. The number of likely N-dealkylation sites (N-methyl/N-ethyl adjacent to an activating group) is 1. The van der Waals surface area contributed by atoms with Gasteiger partial charge in [-0.3, -0.25) is 4.79 Å². The van der Waals surface area contributed by atoms with Crippen LogP contribution in [-0.4, -0.2) is 23.7 Å². The maximum Gasteiger partial charge on any atom is 0.321 e. The van der Waals surface area contributed by atoms with Gasteiger partial charge in [0.05, 0.1) is 0 Å². The van der Waals surface area contributed by atoms with Crippen molar-refractivity contribution in [1.29, 1.82) is 0 Å². The van der Waals surface area contributed by atoms with E-state index in [1.54, 1.807) is 6.08 Å². The summed E-state index contributed by atoms with van der Waals surface area (Å²) in [7, 11) is 0. The second kappa shape index (κ2) is 4.99. The van der Waals surface area contributed by atoms with Crippen molar-refractivity contribution in [3.63, 3.8) is 0 Å². The molecule has 1 atom stereocenters. The third kappa shape index (κ3) is 3.25. The zero-order chi connectivity index (χ0) is 7.98. The summed E-state index contributed by atoms with van der Waals surface area (Å²) < 4.78 is 0. The molecule has 1 unspecified atom stereocenters. The van der Waals surface area contributed by atoms with Gasteiger partial charge in [-0.1, -0.05) is 13.0 Å². The molecule has 0 bridgehead atoms. The summed E-state index contributed by atoms with van der Waals surface area (Å²) in [5.74, 6) is -0.818. The average molecular weight is 143 g/mol. The summed E-state index contributed by atoms with van der Waals surface area (Å²) in [6.07, 6.45) is 2.07. The molecule has 0 saturated heterocycles. The number of aliphatic carboxylic acids is 1. The van der Waals surface area contributed by atoms with E-state index >= 15 is 0 Å². The van der Waals surface area contributed by atoms with Crippen molar-refractivity contribution in [3.05, 3.63) is 12.7 Å². The highest BCUT2D eigenvalue weighted by Gasteiger charge is 2.12. The molecule has 0 aromatic rings. The Balaban J connectivity index is 3.71. The second-order valence-corrected chi connectivity index (χ2v) is 1.97. The Hall–Kier alpha value is -0.830. The molecule has 3 nitrogen and oxygen atoms in total. The van der Waals surface area contributed by atoms with Crippen LogP contribution in [0.5, 0.6) is 0 Å². The number of carbonyl (C=O) groups is 1. The molecule has 0 saturated carbocycles. The zero-order valence-corrected chi connectivity index (χ0v) is 6.13. The lowest BCUT2D eigenvalue weighted by molar-refractivity contribution is -0.139. The van der Waals surface area contributed by atoms with Gasteiger partial charge in [0.15, 0.2) is 0 Å². The molecule has 58 valence electrons. The second-order valence-electron chi connectivity index (χ2n) is 1.97. The van der Waals surface area contributed by atoms with E-state index in [0.29, 0.717) is 13.0 Å². The molecular formula is C7H13NO2. The largest absolute Gasteiger partial charge is 0.480 e. The summed E-state index contributed by atoms with van der Waals surface area (Å²) in [6.45, 7) is 6.01. The number of hydrogen-bond donors (Lipinski definition) is 2. The van der Waals surface area contributed by atoms with Crippen molar-refractivity contribution >= 4 is 5.97 Å². The third-order valence-corrected chi connectivity index (χ3v) is 1.15. The third-order valence-electron chi connectivity index (χ3n) is 1.15. The number of nitrogens with one attached hydrogen (secondary N) is 1. The van der Waals surface area contributed by atoms with Crippen molar-refractivity contribution < 1.29 is 9.90 Å². The molecular weight excluding hydrogens is 130 g/mol. The molecule has 0 aliphatic rings. The minimum atomic E-state index is -0.818. The lowest BCUT2D eigenvalue weighted by Gasteiger charge is -2.08. The van der Waals surface area contributed by atoms with Crippen LogP contribution >= 0.6 is 0 Å². The Morgan fingerprint density at radius 2 is 2.50 bits per heavy atom. The number of hydrogen-bond acceptors (Lipinski definition) is 2. The van der Waals surface area contributed by atoms with E-state index in [-0.39, 0.29) is 0 Å². The minimum Gasteiger partial charge on any atom is -0.480 e. The van der Waals surface area contributed by atoms with Crippen LogP contribution < -0.4 is 5.32 Å². The predicted octanol–water partition coefficient (Wildman–Crippen LogP) is 0.625. The molecule has 0 spiro atoms. The van der Waals surface area contributed by atoms with Gasteiger partial charge in [0, 0.05) is 0 Å². The predicted molar refractivity (Wildman–Crippen MR) is 39.9 cm³/mol. The molecule has 0 aliphatic heterocycles. The SMILES string of the molecule is C=CCC(NCC)C(=O)O. The number of carboxylic acid groups (broad SMARTS) is 1. The van der Waals surface area contributed by atoms with Crippen LogP contribution in [0.4, 0.5) is 0 Å². The van der Waals surface area contributed by atoms with Gasteiger partial charge in [-0.2, -0.15) is 0 Å². The summed E-state index contributed by atoms with van der Waals surface area (Å²) >= 11 is 0. The van der Waals surface area contributed by atoms with E-state index in [4.69, 9.17) is 5.11 Å². The molecule has 10 heavy (non-hydrogen) atoms. The molecule has 3 heteroatoms. The minimum absolute atomic E-state index is 0.470. The van der Waals surface area contributed by atoms with E-state index in [0.717, 1.165) is 0 Å². The van der Waals surface area contributed by atoms with Gasteiger partial charge in [-0.25, -0.2) is 0 Å². The Morgan fingerprint density at radius 1 is 1.90 bits per heavy atom. The van der Waals surface area contributed by atoms with E-state index < -0.39 is 12.0 Å². The van der Waals surface area contributed by atoms with E-state index in [9.17, 15) is 4.79 Å². The zero-order valence-electron chi connectivity index (χ0n) is 6.13. The fourth-order valence-electron chi connectivity index (χ4n) is 0.685. The van der Waals surface area contributed by atoms with Crippen molar-refractivity contribution in [1.82, 2.24) is 5.32 Å². The van der Waals surface area contributed by atoms with Crippen LogP contribution in [-0.2, 0) is 4.79 Å². The average Bonchev–Trinajstić information content (AvgIpc) is 1.87. The molecule has 0 fully saturated rings. The van der Waals surface area contributed by atoms with Crippen LogP contribution in [0.2, 0.25) is 0 Å². The summed E-state index contributed by atoms with van der Waals surface area (Å²) in [6, 6.07) is -0.470. The fraction of sp³-hybridized carbons (Fsp3) is 0.571. The van der Waals surface area contributed by atoms with Crippen molar-refractivity contribution in [2.75, 3.05) is 6.54 Å². The van der Waals surface area contributed by atoms with Crippen LogP contribution in [0.25, 0.3) is 0 Å². The normalized spacial score (nSPS) is 12.5. The molecule has 0 amide bonds. The lowest BCUT2D eigenvalue weighted by atomic mass is 10.2. The maximum atomic E-state index is 10.4. The van der Waals surface area contributed by atoms with Crippen LogP contribution in [0.1, 0.15) is 13.3 Å². The molecule has 0 aromatic heterocycles. The van der Waals surface area contributed by atoms with Crippen molar-refractivity contribution in [2.24, 2.45) is 0 Å². The van der Waals surface area contributed by atoms with E-state index in [1.807, 2.05) is 6.92 Å². The molecule has 0 radical (unpaired) electrons. The smallest absolute Gasteiger partial charge is 0.321 e. The monoisotopic (exact) mass is 143 g/mol. The summed E-state index contributed by atoms with van der Waals surface area (Å²) in [5.41, 5.74) is 0. The van der Waals surface area contributed by atoms with Crippen molar-refractivity contribution in [3.8, 4) is 0 Å². The van der Waals surface area contributed by atoms with E-state index in [2.05, 4.69) is 11.9 Å². The maximum absolute atomic E-state index is 10.4. The van der Waals surface area contributed by atoms with Gasteiger partial charge in [-0.15, -0.1) is 6.58 Å². The number of rotatable bonds is 5. The highest BCUT2D eigenvalue weighted by Crippen LogP contribution is 1.91. The Kier molecular flexibility index (Phi) is 4.58. The highest BCUT2D eigenvalue weighted by molar-refractivity contribution is 5.73. The summed E-state index contributed by atoms with van der Waals surface area (Å²) in [5, 5.41) is 11.3. The fourth-order valence-corrected chi connectivity index (χ4v) is 0.685. The first-order valence-electron chi connectivity index (χ1n) is 3.29. The first-order chi connectivity index (χ1) is 4.72. The van der Waals surface area contributed by atoms with Gasteiger partial charge in [0.1, 0.15) is 6.04 Å². The quantitative estimate of drug-likeness (QED) is 0.555. The van der Waals surface area contributed by atoms with Gasteiger partial charge in [0.2, 0.25) is 0 Å². The molecule has 0 aliphatic carbocycles. The van der Waals surface area contributed by atoms with Crippen molar-refractivity contribution in [2.45, 2.75) is 19.4 Å². The number of carboxylic acids is 1.